The van der Waals surface area contributed by atoms with Crippen LogP contribution in [0.25, 0.3) is 10.6 Å². The molecule has 2 aromatic heterocycles. The first kappa shape index (κ1) is 17.1. The minimum atomic E-state index is -0.638. The summed E-state index contributed by atoms with van der Waals surface area (Å²) in [6.45, 7) is -0.387. The third kappa shape index (κ3) is 3.84. The Morgan fingerprint density at radius 1 is 1.12 bits per heavy atom. The van der Waals surface area contributed by atoms with E-state index in [2.05, 4.69) is 4.98 Å². The molecule has 0 unspecified atom stereocenters. The van der Waals surface area contributed by atoms with Crippen LogP contribution in [-0.4, -0.2) is 23.3 Å². The van der Waals surface area contributed by atoms with Crippen molar-refractivity contribution in [3.05, 3.63) is 61.7 Å². The van der Waals surface area contributed by atoms with Crippen molar-refractivity contribution in [3.8, 4) is 10.6 Å². The van der Waals surface area contributed by atoms with Crippen molar-refractivity contribution < 1.29 is 14.3 Å². The summed E-state index contributed by atoms with van der Waals surface area (Å²) in [4.78, 5) is 28.3. The van der Waals surface area contributed by atoms with Crippen LogP contribution in [0.5, 0.6) is 0 Å². The second-order valence-corrected chi connectivity index (χ2v) is 7.13. The normalized spacial score (nSPS) is 10.6. The Bertz CT molecular complexity index is 891. The SMILES string of the molecule is O=C(COC(=O)c1csc(-c2ccsc2)n1)c1ccc(Cl)c(Cl)c1. The van der Waals surface area contributed by atoms with Crippen LogP contribution in [0, 0.1) is 0 Å². The third-order valence-electron chi connectivity index (χ3n) is 3.06. The zero-order valence-corrected chi connectivity index (χ0v) is 15.1. The van der Waals surface area contributed by atoms with Gasteiger partial charge >= 0.3 is 5.97 Å². The molecule has 0 aliphatic heterocycles. The van der Waals surface area contributed by atoms with Gasteiger partial charge in [0.25, 0.3) is 0 Å². The molecule has 0 N–H and O–H groups in total. The summed E-state index contributed by atoms with van der Waals surface area (Å²) in [5, 5.41) is 6.85. The van der Waals surface area contributed by atoms with E-state index in [1.165, 1.54) is 29.5 Å². The van der Waals surface area contributed by atoms with E-state index in [0.29, 0.717) is 10.6 Å². The number of Topliss-reactive ketones (excluding diaryl/α,β-unsaturated/α-hetero) is 1. The van der Waals surface area contributed by atoms with Crippen molar-refractivity contribution in [2.45, 2.75) is 0 Å². The number of halogens is 2. The van der Waals surface area contributed by atoms with E-state index in [9.17, 15) is 9.59 Å². The Morgan fingerprint density at radius 3 is 2.67 bits per heavy atom. The smallest absolute Gasteiger partial charge is 0.358 e. The fourth-order valence-corrected chi connectivity index (χ4v) is 3.64. The third-order valence-corrected chi connectivity index (χ3v) is 5.37. The molecular formula is C16H9Cl2NO3S2. The zero-order valence-electron chi connectivity index (χ0n) is 12.0. The number of benzene rings is 1. The molecule has 0 saturated heterocycles. The highest BCUT2D eigenvalue weighted by molar-refractivity contribution is 7.14. The number of aromatic nitrogens is 1. The molecule has 3 rings (SSSR count). The van der Waals surface area contributed by atoms with Crippen molar-refractivity contribution >= 4 is 57.6 Å². The Kier molecular flexibility index (Phi) is 5.30. The molecule has 0 atom stereocenters. The maximum absolute atomic E-state index is 12.0. The number of ether oxygens (including phenoxy) is 1. The Hall–Kier alpha value is -1.73. The summed E-state index contributed by atoms with van der Waals surface area (Å²) in [6, 6.07) is 6.42. The zero-order chi connectivity index (χ0) is 17.1. The molecule has 3 aromatic rings. The van der Waals surface area contributed by atoms with E-state index in [0.717, 1.165) is 10.6 Å². The first-order valence-corrected chi connectivity index (χ1v) is 9.26. The second kappa shape index (κ2) is 7.44. The maximum atomic E-state index is 12.0. The highest BCUT2D eigenvalue weighted by atomic mass is 35.5. The van der Waals surface area contributed by atoms with E-state index in [1.807, 2.05) is 16.8 Å². The van der Waals surface area contributed by atoms with Gasteiger partial charge in [0.15, 0.2) is 18.1 Å². The predicted octanol–water partition coefficient (Wildman–Crippen LogP) is 5.22. The van der Waals surface area contributed by atoms with Gasteiger partial charge in [0.1, 0.15) is 5.01 Å². The highest BCUT2D eigenvalue weighted by Gasteiger charge is 2.16. The topological polar surface area (TPSA) is 56.3 Å². The minimum absolute atomic E-state index is 0.183. The maximum Gasteiger partial charge on any atom is 0.358 e. The molecule has 2 heterocycles. The van der Waals surface area contributed by atoms with Gasteiger partial charge in [0.2, 0.25) is 0 Å². The number of thiazole rings is 1. The summed E-state index contributed by atoms with van der Waals surface area (Å²) < 4.78 is 5.03. The lowest BCUT2D eigenvalue weighted by molar-refractivity contribution is 0.0470. The molecule has 0 bridgehead atoms. The van der Waals surface area contributed by atoms with Crippen LogP contribution >= 0.6 is 45.9 Å². The van der Waals surface area contributed by atoms with Crippen LogP contribution in [0.1, 0.15) is 20.8 Å². The summed E-state index contributed by atoms with van der Waals surface area (Å²) in [6.07, 6.45) is 0. The van der Waals surface area contributed by atoms with Gasteiger partial charge in [0, 0.05) is 21.9 Å². The quantitative estimate of drug-likeness (QED) is 0.437. The van der Waals surface area contributed by atoms with Gasteiger partial charge in [-0.25, -0.2) is 9.78 Å². The molecule has 0 radical (unpaired) electrons. The van der Waals surface area contributed by atoms with Crippen LogP contribution in [-0.2, 0) is 4.74 Å². The molecule has 24 heavy (non-hydrogen) atoms. The standard InChI is InChI=1S/C16H9Cl2NO3S2/c17-11-2-1-9(5-12(11)18)14(20)6-22-16(21)13-8-24-15(19-13)10-3-4-23-7-10/h1-5,7-8H,6H2. The average Bonchev–Trinajstić information content (AvgIpc) is 3.25. The average molecular weight is 398 g/mol. The fraction of sp³-hybridized carbons (Fsp3) is 0.0625. The molecule has 0 aliphatic rings. The molecule has 122 valence electrons. The second-order valence-electron chi connectivity index (χ2n) is 4.68. The van der Waals surface area contributed by atoms with Gasteiger partial charge < -0.3 is 4.74 Å². The summed E-state index contributed by atoms with van der Waals surface area (Å²) in [5.41, 5.74) is 1.47. The van der Waals surface area contributed by atoms with Crippen molar-refractivity contribution in [2.24, 2.45) is 0 Å². The van der Waals surface area contributed by atoms with Gasteiger partial charge in [-0.1, -0.05) is 23.2 Å². The monoisotopic (exact) mass is 397 g/mol. The van der Waals surface area contributed by atoms with Crippen LogP contribution in [0.4, 0.5) is 0 Å². The largest absolute Gasteiger partial charge is 0.453 e. The number of ketones is 1. The van der Waals surface area contributed by atoms with E-state index < -0.39 is 5.97 Å². The fourth-order valence-electron chi connectivity index (χ4n) is 1.84. The first-order valence-electron chi connectivity index (χ1n) is 6.68. The molecule has 8 heteroatoms. The van der Waals surface area contributed by atoms with E-state index in [1.54, 1.807) is 16.7 Å². The molecule has 0 amide bonds. The Balaban J connectivity index is 1.63. The van der Waals surface area contributed by atoms with Crippen LogP contribution in [0.15, 0.2) is 40.4 Å². The van der Waals surface area contributed by atoms with Crippen LogP contribution < -0.4 is 0 Å². The minimum Gasteiger partial charge on any atom is -0.453 e. The van der Waals surface area contributed by atoms with Gasteiger partial charge in [-0.15, -0.1) is 11.3 Å². The molecule has 0 fully saturated rings. The Morgan fingerprint density at radius 2 is 1.96 bits per heavy atom. The van der Waals surface area contributed by atoms with Gasteiger partial charge in [-0.3, -0.25) is 4.79 Å². The van der Waals surface area contributed by atoms with Crippen molar-refractivity contribution in [2.75, 3.05) is 6.61 Å². The lowest BCUT2D eigenvalue weighted by Crippen LogP contribution is -2.14. The number of carbonyl (C=O) groups is 2. The van der Waals surface area contributed by atoms with Crippen molar-refractivity contribution in [1.82, 2.24) is 4.98 Å². The van der Waals surface area contributed by atoms with Crippen LogP contribution in [0.3, 0.4) is 0 Å². The lowest BCUT2D eigenvalue weighted by atomic mass is 10.1. The lowest BCUT2D eigenvalue weighted by Gasteiger charge is -2.04. The number of nitrogens with zero attached hydrogens (tertiary/aromatic N) is 1. The number of hydrogen-bond acceptors (Lipinski definition) is 6. The molecule has 0 spiro atoms. The first-order chi connectivity index (χ1) is 11.5. The molecule has 0 aliphatic carbocycles. The molecule has 1 aromatic carbocycles. The summed E-state index contributed by atoms with van der Waals surface area (Å²) in [7, 11) is 0. The number of rotatable bonds is 5. The molecule has 4 nitrogen and oxygen atoms in total. The molecular weight excluding hydrogens is 389 g/mol. The van der Waals surface area contributed by atoms with Gasteiger partial charge in [0.05, 0.1) is 10.0 Å². The van der Waals surface area contributed by atoms with Crippen molar-refractivity contribution in [1.29, 1.82) is 0 Å². The predicted molar refractivity (Wildman–Crippen MR) is 96.5 cm³/mol. The highest BCUT2D eigenvalue weighted by Crippen LogP contribution is 2.26. The Labute approximate surface area is 155 Å². The van der Waals surface area contributed by atoms with E-state index in [4.69, 9.17) is 27.9 Å². The van der Waals surface area contributed by atoms with E-state index in [-0.39, 0.29) is 23.1 Å². The number of carbonyl (C=O) groups excluding carboxylic acids is 2. The summed E-state index contributed by atoms with van der Waals surface area (Å²) >= 11 is 14.6. The number of thiophene rings is 1. The number of esters is 1. The summed E-state index contributed by atoms with van der Waals surface area (Å²) in [5.74, 6) is -1.00. The van der Waals surface area contributed by atoms with Gasteiger partial charge in [-0.2, -0.15) is 11.3 Å². The molecule has 0 saturated carbocycles. The van der Waals surface area contributed by atoms with E-state index >= 15 is 0 Å². The number of hydrogen-bond donors (Lipinski definition) is 0. The van der Waals surface area contributed by atoms with Crippen molar-refractivity contribution in [3.63, 3.8) is 0 Å². The van der Waals surface area contributed by atoms with Gasteiger partial charge in [-0.05, 0) is 29.6 Å². The van der Waals surface area contributed by atoms with Crippen LogP contribution in [0.2, 0.25) is 10.0 Å².